The van der Waals surface area contributed by atoms with Gasteiger partial charge in [0, 0.05) is 12.4 Å². The summed E-state index contributed by atoms with van der Waals surface area (Å²) >= 11 is 0. The topological polar surface area (TPSA) is 71.4 Å². The fraction of sp³-hybridized carbons (Fsp3) is 0.167. The van der Waals surface area contributed by atoms with Crippen molar-refractivity contribution in [2.45, 2.75) is 0 Å². The van der Waals surface area contributed by atoms with E-state index in [-0.39, 0.29) is 11.4 Å². The number of hydrogen-bond donors (Lipinski definition) is 0. The molecular formula is C18H15N3O4. The molecule has 0 N–H and O–H groups in total. The number of methoxy groups -OCH3 is 2. The lowest BCUT2D eigenvalue weighted by Crippen LogP contribution is -2.36. The van der Waals surface area contributed by atoms with E-state index in [4.69, 9.17) is 9.47 Å². The van der Waals surface area contributed by atoms with E-state index in [1.54, 1.807) is 16.8 Å². The van der Waals surface area contributed by atoms with Gasteiger partial charge in [0.1, 0.15) is 0 Å². The van der Waals surface area contributed by atoms with Crippen LogP contribution in [0.4, 0.5) is 11.4 Å². The molecule has 0 unspecified atom stereocenters. The molecule has 7 nitrogen and oxygen atoms in total. The number of carbonyl (C=O) groups is 2. The molecule has 4 rings (SSSR count). The molecule has 0 radical (unpaired) electrons. The van der Waals surface area contributed by atoms with Gasteiger partial charge in [0.05, 0.1) is 25.6 Å². The van der Waals surface area contributed by atoms with Crippen LogP contribution in [0.5, 0.6) is 0 Å². The second-order valence-electron chi connectivity index (χ2n) is 5.64. The summed E-state index contributed by atoms with van der Waals surface area (Å²) in [6.07, 6.45) is 0. The van der Waals surface area contributed by atoms with E-state index in [1.807, 2.05) is 36.4 Å². The number of rotatable bonds is 2. The molecule has 0 fully saturated rings. The van der Waals surface area contributed by atoms with Crippen molar-refractivity contribution in [3.63, 3.8) is 0 Å². The van der Waals surface area contributed by atoms with Gasteiger partial charge in [-0.15, -0.1) is 0 Å². The zero-order valence-corrected chi connectivity index (χ0v) is 13.9. The molecule has 7 heteroatoms. The number of aliphatic imine (C=N–C) groups is 1. The fourth-order valence-corrected chi connectivity index (χ4v) is 3.27. The second kappa shape index (κ2) is 5.34. The number of esters is 2. The molecule has 0 spiro atoms. The summed E-state index contributed by atoms with van der Waals surface area (Å²) < 4.78 is 9.77. The smallest absolute Gasteiger partial charge is 0.357 e. The molecule has 0 saturated heterocycles. The number of guanidine groups is 1. The van der Waals surface area contributed by atoms with Crippen LogP contribution in [0.25, 0.3) is 10.8 Å². The van der Waals surface area contributed by atoms with Gasteiger partial charge in [-0.3, -0.25) is 4.90 Å². The summed E-state index contributed by atoms with van der Waals surface area (Å²) in [6, 6.07) is 11.6. The summed E-state index contributed by atoms with van der Waals surface area (Å²) in [5.74, 6) is -0.808. The van der Waals surface area contributed by atoms with Gasteiger partial charge < -0.3 is 14.4 Å². The second-order valence-corrected chi connectivity index (χ2v) is 5.64. The van der Waals surface area contributed by atoms with Crippen molar-refractivity contribution in [2.75, 3.05) is 26.2 Å². The Morgan fingerprint density at radius 2 is 1.60 bits per heavy atom. The van der Waals surface area contributed by atoms with E-state index in [0.717, 1.165) is 22.1 Å². The standard InChI is InChI=1S/C18H15N3O4/c1-20-14(16(22)24-2)15(17(23)25-3)21-12-9-5-7-10-6-4-8-11(13(10)12)19-18(20)21/h4-9H,1-3H3. The Kier molecular flexibility index (Phi) is 3.24. The number of anilines is 1. The molecule has 2 aliphatic rings. The van der Waals surface area contributed by atoms with E-state index >= 15 is 0 Å². The third-order valence-corrected chi connectivity index (χ3v) is 4.36. The minimum Gasteiger partial charge on any atom is -0.464 e. The van der Waals surface area contributed by atoms with E-state index in [1.165, 1.54) is 14.2 Å². The largest absolute Gasteiger partial charge is 0.464 e. The van der Waals surface area contributed by atoms with Crippen molar-refractivity contribution in [1.29, 1.82) is 0 Å². The number of benzene rings is 2. The summed E-state index contributed by atoms with van der Waals surface area (Å²) in [4.78, 5) is 32.6. The molecule has 0 aromatic heterocycles. The van der Waals surface area contributed by atoms with Crippen molar-refractivity contribution >= 4 is 40.0 Å². The summed E-state index contributed by atoms with van der Waals surface area (Å²) in [6.45, 7) is 0. The Balaban J connectivity index is 2.05. The fourth-order valence-electron chi connectivity index (χ4n) is 3.27. The van der Waals surface area contributed by atoms with Crippen LogP contribution >= 0.6 is 0 Å². The zero-order valence-electron chi connectivity index (χ0n) is 13.9. The molecule has 126 valence electrons. The zero-order chi connectivity index (χ0) is 17.7. The Morgan fingerprint density at radius 1 is 0.960 bits per heavy atom. The van der Waals surface area contributed by atoms with Crippen molar-refractivity contribution in [3.05, 3.63) is 47.8 Å². The van der Waals surface area contributed by atoms with Gasteiger partial charge in [-0.05, 0) is 17.5 Å². The molecule has 2 heterocycles. The normalized spacial score (nSPS) is 15.2. The molecule has 2 aromatic rings. The van der Waals surface area contributed by atoms with Crippen molar-refractivity contribution in [3.8, 4) is 0 Å². The molecule has 25 heavy (non-hydrogen) atoms. The van der Waals surface area contributed by atoms with Crippen LogP contribution in [0.2, 0.25) is 0 Å². The van der Waals surface area contributed by atoms with Gasteiger partial charge in [0.25, 0.3) is 0 Å². The average molecular weight is 337 g/mol. The van der Waals surface area contributed by atoms with Crippen LogP contribution in [0.1, 0.15) is 0 Å². The molecule has 0 atom stereocenters. The molecule has 0 bridgehead atoms. The number of likely N-dealkylation sites (N-methyl/N-ethyl adjacent to an activating group) is 1. The molecule has 2 aliphatic heterocycles. The van der Waals surface area contributed by atoms with Gasteiger partial charge in [-0.2, -0.15) is 0 Å². The first-order chi connectivity index (χ1) is 12.1. The number of hydrogen-bond acceptors (Lipinski definition) is 7. The molecule has 0 aliphatic carbocycles. The van der Waals surface area contributed by atoms with Gasteiger partial charge in [-0.1, -0.05) is 24.3 Å². The van der Waals surface area contributed by atoms with Crippen LogP contribution in [0.3, 0.4) is 0 Å². The predicted octanol–water partition coefficient (Wildman–Crippen LogP) is 2.15. The number of fused-ring (bicyclic) bond motifs is 2. The Morgan fingerprint density at radius 3 is 2.28 bits per heavy atom. The maximum atomic E-state index is 12.5. The summed E-state index contributed by atoms with van der Waals surface area (Å²) in [7, 11) is 4.21. The minimum atomic E-state index is -0.631. The van der Waals surface area contributed by atoms with Crippen LogP contribution in [-0.4, -0.2) is 44.1 Å². The minimum absolute atomic E-state index is 0.0950. The quantitative estimate of drug-likeness (QED) is 0.782. The summed E-state index contributed by atoms with van der Waals surface area (Å²) in [5, 5.41) is 1.91. The molecular weight excluding hydrogens is 322 g/mol. The van der Waals surface area contributed by atoms with Crippen LogP contribution in [0, 0.1) is 0 Å². The average Bonchev–Trinajstić information content (AvgIpc) is 2.94. The third kappa shape index (κ3) is 1.95. The van der Waals surface area contributed by atoms with E-state index in [9.17, 15) is 9.59 Å². The molecule has 2 aromatic carbocycles. The lowest BCUT2D eigenvalue weighted by molar-refractivity contribution is -0.140. The van der Waals surface area contributed by atoms with Crippen molar-refractivity contribution in [2.24, 2.45) is 4.99 Å². The van der Waals surface area contributed by atoms with Crippen molar-refractivity contribution < 1.29 is 19.1 Å². The highest BCUT2D eigenvalue weighted by Crippen LogP contribution is 2.44. The SMILES string of the molecule is COC(=O)C1=C(C(=O)OC)N2C(=Nc3cccc4cccc2c34)N1C. The van der Waals surface area contributed by atoms with E-state index in [0.29, 0.717) is 5.96 Å². The lowest BCUT2D eigenvalue weighted by atomic mass is 10.0. The van der Waals surface area contributed by atoms with Gasteiger partial charge >= 0.3 is 11.9 Å². The Bertz CT molecular complexity index is 988. The third-order valence-electron chi connectivity index (χ3n) is 4.36. The highest BCUT2D eigenvalue weighted by molar-refractivity contribution is 6.24. The van der Waals surface area contributed by atoms with E-state index < -0.39 is 11.9 Å². The highest BCUT2D eigenvalue weighted by atomic mass is 16.5. The van der Waals surface area contributed by atoms with Gasteiger partial charge in [0.2, 0.25) is 5.96 Å². The highest BCUT2D eigenvalue weighted by Gasteiger charge is 2.44. The van der Waals surface area contributed by atoms with Crippen LogP contribution in [-0.2, 0) is 19.1 Å². The first kappa shape index (κ1) is 15.2. The van der Waals surface area contributed by atoms with Gasteiger partial charge in [-0.25, -0.2) is 14.6 Å². The lowest BCUT2D eigenvalue weighted by Gasteiger charge is -2.28. The van der Waals surface area contributed by atoms with Crippen LogP contribution < -0.4 is 4.90 Å². The number of carbonyl (C=O) groups excluding carboxylic acids is 2. The molecule has 0 amide bonds. The van der Waals surface area contributed by atoms with Gasteiger partial charge in [0.15, 0.2) is 11.4 Å². The summed E-state index contributed by atoms with van der Waals surface area (Å²) in [5.41, 5.74) is 1.74. The predicted molar refractivity (Wildman–Crippen MR) is 92.3 cm³/mol. The van der Waals surface area contributed by atoms with Crippen molar-refractivity contribution in [1.82, 2.24) is 4.90 Å². The molecule has 0 saturated carbocycles. The monoisotopic (exact) mass is 337 g/mol. The number of ether oxygens (including phenoxy) is 2. The van der Waals surface area contributed by atoms with Crippen LogP contribution in [0.15, 0.2) is 52.8 Å². The maximum Gasteiger partial charge on any atom is 0.357 e. The number of nitrogens with zero attached hydrogens (tertiary/aromatic N) is 3. The van der Waals surface area contributed by atoms with E-state index in [2.05, 4.69) is 4.99 Å². The first-order valence-corrected chi connectivity index (χ1v) is 7.63. The Labute approximate surface area is 143 Å². The maximum absolute atomic E-state index is 12.5. The first-order valence-electron chi connectivity index (χ1n) is 7.63. The Hall–Kier alpha value is -3.35.